The average molecular weight is 279 g/mol. The lowest BCUT2D eigenvalue weighted by Crippen LogP contribution is -2.44. The minimum atomic E-state index is 0.153. The van der Waals surface area contributed by atoms with Gasteiger partial charge in [0.1, 0.15) is 0 Å². The fourth-order valence-electron chi connectivity index (χ4n) is 4.11. The molecule has 3 fully saturated rings. The SMILES string of the molecule is NCC1(CC(=O)N2CCC(N3CCCCC3)C2)CCC1. The molecule has 20 heavy (non-hydrogen) atoms. The molecular formula is C16H29N3O. The van der Waals surface area contributed by atoms with Gasteiger partial charge in [-0.1, -0.05) is 12.8 Å². The summed E-state index contributed by atoms with van der Waals surface area (Å²) in [4.78, 5) is 17.2. The molecule has 1 atom stereocenters. The number of nitrogens with two attached hydrogens (primary N) is 1. The molecule has 2 aliphatic heterocycles. The van der Waals surface area contributed by atoms with Gasteiger partial charge in [-0.25, -0.2) is 0 Å². The largest absolute Gasteiger partial charge is 0.341 e. The summed E-state index contributed by atoms with van der Waals surface area (Å²) in [5.74, 6) is 0.356. The van der Waals surface area contributed by atoms with E-state index < -0.39 is 0 Å². The summed E-state index contributed by atoms with van der Waals surface area (Å²) in [5.41, 5.74) is 6.03. The van der Waals surface area contributed by atoms with Crippen LogP contribution >= 0.6 is 0 Å². The monoisotopic (exact) mass is 279 g/mol. The van der Waals surface area contributed by atoms with Crippen LogP contribution in [0.2, 0.25) is 0 Å². The fourth-order valence-corrected chi connectivity index (χ4v) is 4.11. The van der Waals surface area contributed by atoms with Crippen LogP contribution in [0.4, 0.5) is 0 Å². The summed E-state index contributed by atoms with van der Waals surface area (Å²) in [5, 5.41) is 0. The first-order valence-electron chi connectivity index (χ1n) is 8.44. The Balaban J connectivity index is 1.50. The summed E-state index contributed by atoms with van der Waals surface area (Å²) < 4.78 is 0. The van der Waals surface area contributed by atoms with E-state index in [2.05, 4.69) is 9.80 Å². The van der Waals surface area contributed by atoms with E-state index in [1.807, 2.05) is 0 Å². The minimum absolute atomic E-state index is 0.153. The van der Waals surface area contributed by atoms with Crippen molar-refractivity contribution < 1.29 is 4.79 Å². The zero-order valence-corrected chi connectivity index (χ0v) is 12.6. The number of hydrogen-bond acceptors (Lipinski definition) is 3. The number of nitrogens with zero attached hydrogens (tertiary/aromatic N) is 2. The number of carbonyl (C=O) groups excluding carboxylic acids is 1. The average Bonchev–Trinajstić information content (AvgIpc) is 2.93. The third kappa shape index (κ3) is 2.86. The highest BCUT2D eigenvalue weighted by molar-refractivity contribution is 5.77. The second kappa shape index (κ2) is 6.02. The van der Waals surface area contributed by atoms with Gasteiger partial charge in [0, 0.05) is 25.6 Å². The van der Waals surface area contributed by atoms with Crippen LogP contribution in [0.5, 0.6) is 0 Å². The standard InChI is InChI=1S/C16H29N3O/c17-13-16(6-4-7-16)11-15(20)19-10-5-14(12-19)18-8-2-1-3-9-18/h14H,1-13,17H2. The van der Waals surface area contributed by atoms with Crippen LogP contribution in [-0.4, -0.2) is 54.5 Å². The van der Waals surface area contributed by atoms with Gasteiger partial charge in [0.05, 0.1) is 0 Å². The maximum atomic E-state index is 12.5. The lowest BCUT2D eigenvalue weighted by atomic mass is 9.66. The van der Waals surface area contributed by atoms with Crippen molar-refractivity contribution in [2.75, 3.05) is 32.7 Å². The van der Waals surface area contributed by atoms with E-state index in [9.17, 15) is 4.79 Å². The molecule has 0 radical (unpaired) electrons. The minimum Gasteiger partial charge on any atom is -0.341 e. The Labute approximate surface area is 122 Å². The van der Waals surface area contributed by atoms with Gasteiger partial charge >= 0.3 is 0 Å². The summed E-state index contributed by atoms with van der Waals surface area (Å²) in [6.45, 7) is 5.07. The summed E-state index contributed by atoms with van der Waals surface area (Å²) in [7, 11) is 0. The molecule has 0 bridgehead atoms. The first-order valence-corrected chi connectivity index (χ1v) is 8.44. The zero-order chi connectivity index (χ0) is 14.0. The molecule has 114 valence electrons. The highest BCUT2D eigenvalue weighted by atomic mass is 16.2. The Morgan fingerprint density at radius 2 is 1.85 bits per heavy atom. The van der Waals surface area contributed by atoms with Gasteiger partial charge in [0.25, 0.3) is 0 Å². The van der Waals surface area contributed by atoms with Gasteiger partial charge < -0.3 is 10.6 Å². The molecule has 2 saturated heterocycles. The Hall–Kier alpha value is -0.610. The van der Waals surface area contributed by atoms with Gasteiger partial charge in [-0.3, -0.25) is 9.69 Å². The Kier molecular flexibility index (Phi) is 4.32. The summed E-state index contributed by atoms with van der Waals surface area (Å²) in [6.07, 6.45) is 9.46. The lowest BCUT2D eigenvalue weighted by molar-refractivity contribution is -0.134. The van der Waals surface area contributed by atoms with E-state index >= 15 is 0 Å². The smallest absolute Gasteiger partial charge is 0.223 e. The number of rotatable bonds is 4. The third-order valence-corrected chi connectivity index (χ3v) is 5.80. The molecule has 3 rings (SSSR count). The van der Waals surface area contributed by atoms with Crippen LogP contribution < -0.4 is 5.73 Å². The van der Waals surface area contributed by atoms with Crippen molar-refractivity contribution in [1.82, 2.24) is 9.80 Å². The van der Waals surface area contributed by atoms with Crippen molar-refractivity contribution in [3.05, 3.63) is 0 Å². The predicted molar refractivity (Wildman–Crippen MR) is 80.4 cm³/mol. The van der Waals surface area contributed by atoms with Crippen molar-refractivity contribution in [1.29, 1.82) is 0 Å². The first kappa shape index (κ1) is 14.3. The first-order chi connectivity index (χ1) is 9.72. The summed E-state index contributed by atoms with van der Waals surface area (Å²) in [6, 6.07) is 0.620. The van der Waals surface area contributed by atoms with E-state index in [0.29, 0.717) is 24.9 Å². The number of amides is 1. The Morgan fingerprint density at radius 3 is 2.45 bits per heavy atom. The highest BCUT2D eigenvalue weighted by Gasteiger charge is 2.40. The molecule has 1 aliphatic carbocycles. The topological polar surface area (TPSA) is 49.6 Å². The van der Waals surface area contributed by atoms with Crippen LogP contribution in [0.3, 0.4) is 0 Å². The van der Waals surface area contributed by atoms with E-state index in [-0.39, 0.29) is 5.41 Å². The molecule has 4 nitrogen and oxygen atoms in total. The number of carbonyl (C=O) groups is 1. The van der Waals surface area contributed by atoms with E-state index in [1.165, 1.54) is 45.2 Å². The van der Waals surface area contributed by atoms with E-state index in [1.54, 1.807) is 0 Å². The van der Waals surface area contributed by atoms with Crippen LogP contribution in [0.25, 0.3) is 0 Å². The molecule has 2 N–H and O–H groups in total. The van der Waals surface area contributed by atoms with Crippen molar-refractivity contribution in [3.8, 4) is 0 Å². The Morgan fingerprint density at radius 1 is 1.10 bits per heavy atom. The van der Waals surface area contributed by atoms with Gasteiger partial charge in [-0.15, -0.1) is 0 Å². The zero-order valence-electron chi connectivity index (χ0n) is 12.6. The second-order valence-electron chi connectivity index (χ2n) is 7.11. The number of likely N-dealkylation sites (tertiary alicyclic amines) is 2. The molecule has 3 aliphatic rings. The van der Waals surface area contributed by atoms with E-state index in [0.717, 1.165) is 25.9 Å². The second-order valence-corrected chi connectivity index (χ2v) is 7.11. The molecule has 0 aromatic rings. The van der Waals surface area contributed by atoms with Crippen LogP contribution in [-0.2, 0) is 4.79 Å². The quantitative estimate of drug-likeness (QED) is 0.850. The molecule has 2 heterocycles. The van der Waals surface area contributed by atoms with Gasteiger partial charge in [0.2, 0.25) is 5.91 Å². The van der Waals surface area contributed by atoms with Crippen molar-refractivity contribution in [2.24, 2.45) is 11.1 Å². The number of hydrogen-bond donors (Lipinski definition) is 1. The van der Waals surface area contributed by atoms with Gasteiger partial charge in [0.15, 0.2) is 0 Å². The predicted octanol–water partition coefficient (Wildman–Crippen LogP) is 1.59. The number of piperidine rings is 1. The summed E-state index contributed by atoms with van der Waals surface area (Å²) >= 11 is 0. The van der Waals surface area contributed by atoms with Crippen molar-refractivity contribution >= 4 is 5.91 Å². The Bertz CT molecular complexity index is 342. The molecule has 0 aromatic heterocycles. The molecule has 4 heteroatoms. The maximum absolute atomic E-state index is 12.5. The van der Waals surface area contributed by atoms with Gasteiger partial charge in [-0.2, -0.15) is 0 Å². The van der Waals surface area contributed by atoms with Crippen molar-refractivity contribution in [3.63, 3.8) is 0 Å². The van der Waals surface area contributed by atoms with E-state index in [4.69, 9.17) is 5.73 Å². The van der Waals surface area contributed by atoms with Crippen molar-refractivity contribution in [2.45, 2.75) is 57.4 Å². The lowest BCUT2D eigenvalue weighted by Gasteiger charge is -2.41. The molecule has 1 saturated carbocycles. The van der Waals surface area contributed by atoms with Crippen LogP contribution in [0.1, 0.15) is 51.4 Å². The normalized spacial score (nSPS) is 30.2. The maximum Gasteiger partial charge on any atom is 0.223 e. The molecule has 1 unspecified atom stereocenters. The molecule has 0 aromatic carbocycles. The fraction of sp³-hybridized carbons (Fsp3) is 0.938. The molecule has 0 spiro atoms. The molecular weight excluding hydrogens is 250 g/mol. The third-order valence-electron chi connectivity index (χ3n) is 5.80. The van der Waals surface area contributed by atoms with Crippen LogP contribution in [0, 0.1) is 5.41 Å². The van der Waals surface area contributed by atoms with Gasteiger partial charge in [-0.05, 0) is 57.2 Å². The molecule has 1 amide bonds. The van der Waals surface area contributed by atoms with Crippen LogP contribution in [0.15, 0.2) is 0 Å². The highest BCUT2D eigenvalue weighted by Crippen LogP contribution is 2.43.